The summed E-state index contributed by atoms with van der Waals surface area (Å²) in [7, 11) is 1.35. The predicted molar refractivity (Wildman–Crippen MR) is 107 cm³/mol. The van der Waals surface area contributed by atoms with Gasteiger partial charge in [-0.15, -0.1) is 0 Å². The number of hydrogen-bond acceptors (Lipinski definition) is 5. The fourth-order valence-corrected chi connectivity index (χ4v) is 3.52. The van der Waals surface area contributed by atoms with Gasteiger partial charge in [0.15, 0.2) is 0 Å². The number of benzene rings is 1. The molecule has 0 unspecified atom stereocenters. The SMILES string of the molecule is COC(=O)c1cc(CN(CC(=O)N2CCCCC2)c2ccc(C)cc2)oc1C. The number of carbonyl (C=O) groups excluding carboxylic acids is 2. The number of carbonyl (C=O) groups is 2. The Hall–Kier alpha value is -2.76. The van der Waals surface area contributed by atoms with Gasteiger partial charge in [0, 0.05) is 18.8 Å². The third-order valence-electron chi connectivity index (χ3n) is 5.15. The normalized spacial score (nSPS) is 14.0. The molecule has 1 amide bonds. The Morgan fingerprint density at radius 3 is 2.43 bits per heavy atom. The summed E-state index contributed by atoms with van der Waals surface area (Å²) in [6, 6.07) is 9.78. The van der Waals surface area contributed by atoms with Gasteiger partial charge >= 0.3 is 5.97 Å². The highest BCUT2D eigenvalue weighted by Gasteiger charge is 2.22. The molecule has 28 heavy (non-hydrogen) atoms. The number of rotatable bonds is 6. The van der Waals surface area contributed by atoms with Crippen LogP contribution in [0.25, 0.3) is 0 Å². The van der Waals surface area contributed by atoms with Crippen LogP contribution in [-0.2, 0) is 16.1 Å². The molecule has 1 aliphatic rings. The molecule has 1 fully saturated rings. The number of hydrogen-bond donors (Lipinski definition) is 0. The Balaban J connectivity index is 1.81. The fourth-order valence-electron chi connectivity index (χ4n) is 3.52. The molecule has 0 spiro atoms. The van der Waals surface area contributed by atoms with Gasteiger partial charge in [-0.2, -0.15) is 0 Å². The molecule has 6 heteroatoms. The summed E-state index contributed by atoms with van der Waals surface area (Å²) >= 11 is 0. The van der Waals surface area contributed by atoms with Crippen LogP contribution in [0.1, 0.15) is 46.7 Å². The lowest BCUT2D eigenvalue weighted by Crippen LogP contribution is -2.42. The number of methoxy groups -OCH3 is 1. The lowest BCUT2D eigenvalue weighted by atomic mass is 10.1. The second-order valence-corrected chi connectivity index (χ2v) is 7.31. The van der Waals surface area contributed by atoms with Crippen molar-refractivity contribution in [1.82, 2.24) is 4.90 Å². The van der Waals surface area contributed by atoms with Crippen LogP contribution in [0, 0.1) is 13.8 Å². The molecule has 1 aliphatic heterocycles. The standard InChI is InChI=1S/C22H28N2O4/c1-16-7-9-18(10-8-16)24(15-21(25)23-11-5-4-6-12-23)14-19-13-20(17(2)28-19)22(26)27-3/h7-10,13H,4-6,11-12,14-15H2,1-3H3. The summed E-state index contributed by atoms with van der Waals surface area (Å²) in [6.07, 6.45) is 3.32. The Kier molecular flexibility index (Phi) is 6.39. The Labute approximate surface area is 166 Å². The average Bonchev–Trinajstić information content (AvgIpc) is 3.08. The molecule has 1 aromatic heterocycles. The van der Waals surface area contributed by atoms with Crippen LogP contribution in [0.5, 0.6) is 0 Å². The van der Waals surface area contributed by atoms with E-state index >= 15 is 0 Å². The largest absolute Gasteiger partial charge is 0.465 e. The Bertz CT molecular complexity index is 820. The van der Waals surface area contributed by atoms with E-state index in [-0.39, 0.29) is 12.5 Å². The molecule has 2 aromatic rings. The van der Waals surface area contributed by atoms with E-state index in [1.165, 1.54) is 13.5 Å². The molecule has 3 rings (SSSR count). The van der Waals surface area contributed by atoms with Crippen molar-refractivity contribution in [2.45, 2.75) is 39.7 Å². The Morgan fingerprint density at radius 1 is 1.11 bits per heavy atom. The highest BCUT2D eigenvalue weighted by atomic mass is 16.5. The van der Waals surface area contributed by atoms with Gasteiger partial charge in [-0.05, 0) is 51.3 Å². The summed E-state index contributed by atoms with van der Waals surface area (Å²) in [5.41, 5.74) is 2.53. The van der Waals surface area contributed by atoms with Gasteiger partial charge in [-0.25, -0.2) is 4.79 Å². The van der Waals surface area contributed by atoms with E-state index in [1.54, 1.807) is 13.0 Å². The molecule has 2 heterocycles. The smallest absolute Gasteiger partial charge is 0.341 e. The first kappa shape index (κ1) is 20.0. The zero-order valence-corrected chi connectivity index (χ0v) is 16.9. The van der Waals surface area contributed by atoms with Crippen LogP contribution in [0.3, 0.4) is 0 Å². The van der Waals surface area contributed by atoms with Crippen LogP contribution in [0.15, 0.2) is 34.7 Å². The molecule has 0 bridgehead atoms. The van der Waals surface area contributed by atoms with Gasteiger partial charge < -0.3 is 19.0 Å². The van der Waals surface area contributed by atoms with E-state index in [0.29, 0.717) is 23.6 Å². The van der Waals surface area contributed by atoms with E-state index in [0.717, 1.165) is 37.2 Å². The van der Waals surface area contributed by atoms with E-state index in [9.17, 15) is 9.59 Å². The van der Waals surface area contributed by atoms with E-state index < -0.39 is 5.97 Å². The van der Waals surface area contributed by atoms with Crippen molar-refractivity contribution in [3.05, 3.63) is 53.0 Å². The highest BCUT2D eigenvalue weighted by molar-refractivity contribution is 5.90. The van der Waals surface area contributed by atoms with Crippen molar-refractivity contribution < 1.29 is 18.7 Å². The van der Waals surface area contributed by atoms with Crippen molar-refractivity contribution in [3.63, 3.8) is 0 Å². The number of likely N-dealkylation sites (tertiary alicyclic amines) is 1. The molecule has 0 saturated carbocycles. The highest BCUT2D eigenvalue weighted by Crippen LogP contribution is 2.22. The maximum atomic E-state index is 12.8. The number of furan rings is 1. The van der Waals surface area contributed by atoms with Gasteiger partial charge in [0.2, 0.25) is 5.91 Å². The number of ether oxygens (including phenoxy) is 1. The number of esters is 1. The van der Waals surface area contributed by atoms with Crippen molar-refractivity contribution in [3.8, 4) is 0 Å². The van der Waals surface area contributed by atoms with Crippen LogP contribution < -0.4 is 4.90 Å². The maximum absolute atomic E-state index is 12.8. The minimum Gasteiger partial charge on any atom is -0.465 e. The maximum Gasteiger partial charge on any atom is 0.341 e. The number of amides is 1. The monoisotopic (exact) mass is 384 g/mol. The molecular formula is C22H28N2O4. The second-order valence-electron chi connectivity index (χ2n) is 7.31. The van der Waals surface area contributed by atoms with Gasteiger partial charge in [-0.1, -0.05) is 17.7 Å². The van der Waals surface area contributed by atoms with E-state index in [1.807, 2.05) is 41.0 Å². The molecule has 0 atom stereocenters. The number of piperidine rings is 1. The first-order valence-electron chi connectivity index (χ1n) is 9.75. The first-order valence-corrected chi connectivity index (χ1v) is 9.75. The molecule has 1 aromatic carbocycles. The van der Waals surface area contributed by atoms with Gasteiger partial charge in [0.05, 0.1) is 20.2 Å². The van der Waals surface area contributed by atoms with Crippen molar-refractivity contribution in [2.75, 3.05) is 31.6 Å². The lowest BCUT2D eigenvalue weighted by molar-refractivity contribution is -0.130. The van der Waals surface area contributed by atoms with Crippen LogP contribution in [0.2, 0.25) is 0 Å². The number of nitrogens with zero attached hydrogens (tertiary/aromatic N) is 2. The molecule has 1 saturated heterocycles. The van der Waals surface area contributed by atoms with E-state index in [4.69, 9.17) is 9.15 Å². The molecule has 150 valence electrons. The quantitative estimate of drug-likeness (QED) is 0.711. The van der Waals surface area contributed by atoms with E-state index in [2.05, 4.69) is 0 Å². The van der Waals surface area contributed by atoms with Crippen molar-refractivity contribution in [2.24, 2.45) is 0 Å². The summed E-state index contributed by atoms with van der Waals surface area (Å²) in [5, 5.41) is 0. The zero-order chi connectivity index (χ0) is 20.1. The topological polar surface area (TPSA) is 63.0 Å². The van der Waals surface area contributed by atoms with Gasteiger partial charge in [0.1, 0.15) is 17.1 Å². The summed E-state index contributed by atoms with van der Waals surface area (Å²) < 4.78 is 10.6. The molecule has 6 nitrogen and oxygen atoms in total. The van der Waals surface area contributed by atoms with Crippen molar-refractivity contribution >= 4 is 17.6 Å². The van der Waals surface area contributed by atoms with Crippen LogP contribution in [-0.4, -0.2) is 43.5 Å². The number of anilines is 1. The average molecular weight is 384 g/mol. The van der Waals surface area contributed by atoms with Crippen LogP contribution in [0.4, 0.5) is 5.69 Å². The first-order chi connectivity index (χ1) is 13.5. The molecular weight excluding hydrogens is 356 g/mol. The third kappa shape index (κ3) is 4.74. The lowest BCUT2D eigenvalue weighted by Gasteiger charge is -2.30. The minimum absolute atomic E-state index is 0.122. The molecule has 0 aliphatic carbocycles. The summed E-state index contributed by atoms with van der Waals surface area (Å²) in [6.45, 7) is 6.10. The number of aryl methyl sites for hydroxylation is 2. The van der Waals surface area contributed by atoms with Gasteiger partial charge in [0.25, 0.3) is 0 Å². The third-order valence-corrected chi connectivity index (χ3v) is 5.15. The molecule has 0 N–H and O–H groups in total. The predicted octanol–water partition coefficient (Wildman–Crippen LogP) is 3.70. The van der Waals surface area contributed by atoms with Crippen molar-refractivity contribution in [1.29, 1.82) is 0 Å². The molecule has 0 radical (unpaired) electrons. The zero-order valence-electron chi connectivity index (χ0n) is 16.9. The Morgan fingerprint density at radius 2 is 1.79 bits per heavy atom. The minimum atomic E-state index is -0.418. The van der Waals surface area contributed by atoms with Gasteiger partial charge in [-0.3, -0.25) is 4.79 Å². The second kappa shape index (κ2) is 8.95. The van der Waals surface area contributed by atoms with Crippen LogP contribution >= 0.6 is 0 Å². The summed E-state index contributed by atoms with van der Waals surface area (Å²) in [5.74, 6) is 0.855. The summed E-state index contributed by atoms with van der Waals surface area (Å²) in [4.78, 5) is 28.7. The fraction of sp³-hybridized carbons (Fsp3) is 0.455.